The minimum absolute atomic E-state index is 0.429. The molecule has 68 valence electrons. The van der Waals surface area contributed by atoms with Gasteiger partial charge in [0.15, 0.2) is 0 Å². The molecule has 0 aromatic heterocycles. The zero-order chi connectivity index (χ0) is 9.68. The number of rotatable bonds is 3. The van der Waals surface area contributed by atoms with E-state index in [1.54, 1.807) is 0 Å². The molecule has 0 spiro atoms. The molecule has 0 aliphatic carbocycles. The molecule has 0 aliphatic heterocycles. The molecule has 0 fully saturated rings. The minimum Gasteiger partial charge on any atom is -0.324 e. The molecule has 1 rings (SSSR count). The predicted octanol–water partition coefficient (Wildman–Crippen LogP) is 1.60. The molecular weight excluding hydrogens is 162 g/mol. The summed E-state index contributed by atoms with van der Waals surface area (Å²) in [4.78, 5) is 0. The normalized spacial score (nSPS) is 9.31. The summed E-state index contributed by atoms with van der Waals surface area (Å²) in [5.41, 5.74) is 5.71. The van der Waals surface area contributed by atoms with Crippen LogP contribution < -0.4 is 11.3 Å². The van der Waals surface area contributed by atoms with Gasteiger partial charge in [-0.3, -0.25) is 5.84 Å². The monoisotopic (exact) mass is 175 g/mol. The Kier molecular flexibility index (Phi) is 3.30. The molecule has 1 aromatic carbocycles. The number of hydrogen-bond acceptors (Lipinski definition) is 3. The Balaban J connectivity index is 3.00. The summed E-state index contributed by atoms with van der Waals surface area (Å²) in [5, 5.41) is 8.51. The quantitative estimate of drug-likeness (QED) is 0.541. The van der Waals surface area contributed by atoms with Crippen LogP contribution in [0.4, 0.5) is 5.69 Å². The van der Waals surface area contributed by atoms with Crippen molar-refractivity contribution < 1.29 is 0 Å². The van der Waals surface area contributed by atoms with E-state index in [2.05, 4.69) is 18.4 Å². The van der Waals surface area contributed by atoms with Crippen molar-refractivity contribution in [3.05, 3.63) is 29.3 Å². The lowest BCUT2D eigenvalue weighted by Crippen LogP contribution is -2.09. The average Bonchev–Trinajstić information content (AvgIpc) is 2.18. The Morgan fingerprint density at radius 3 is 2.85 bits per heavy atom. The summed E-state index contributed by atoms with van der Waals surface area (Å²) in [6.45, 7) is 2.07. The highest BCUT2D eigenvalue weighted by atomic mass is 15.2. The second-order valence-corrected chi connectivity index (χ2v) is 2.82. The summed E-state index contributed by atoms with van der Waals surface area (Å²) >= 11 is 0. The number of nitrogens with zero attached hydrogens (tertiary/aromatic N) is 1. The third kappa shape index (κ3) is 2.20. The van der Waals surface area contributed by atoms with E-state index < -0.39 is 0 Å². The van der Waals surface area contributed by atoms with Gasteiger partial charge in [-0.25, -0.2) is 0 Å². The van der Waals surface area contributed by atoms with Gasteiger partial charge in [0.25, 0.3) is 0 Å². The SMILES string of the molecule is CCc1ccc(CC#N)cc1NN. The van der Waals surface area contributed by atoms with Gasteiger partial charge in [0, 0.05) is 0 Å². The fourth-order valence-corrected chi connectivity index (χ4v) is 1.27. The van der Waals surface area contributed by atoms with Gasteiger partial charge in [0.2, 0.25) is 0 Å². The van der Waals surface area contributed by atoms with Crippen molar-refractivity contribution in [2.75, 3.05) is 5.43 Å². The van der Waals surface area contributed by atoms with Gasteiger partial charge in [-0.2, -0.15) is 5.26 Å². The first kappa shape index (κ1) is 9.56. The molecule has 3 nitrogen and oxygen atoms in total. The zero-order valence-corrected chi connectivity index (χ0v) is 7.67. The Bertz CT molecular complexity index is 325. The van der Waals surface area contributed by atoms with Gasteiger partial charge < -0.3 is 5.43 Å². The highest BCUT2D eigenvalue weighted by molar-refractivity contribution is 5.52. The van der Waals surface area contributed by atoms with Gasteiger partial charge in [-0.15, -0.1) is 0 Å². The van der Waals surface area contributed by atoms with E-state index in [9.17, 15) is 0 Å². The zero-order valence-electron chi connectivity index (χ0n) is 7.67. The summed E-state index contributed by atoms with van der Waals surface area (Å²) in [6, 6.07) is 7.99. The maximum Gasteiger partial charge on any atom is 0.0669 e. The second-order valence-electron chi connectivity index (χ2n) is 2.82. The standard InChI is InChI=1S/C10H13N3/c1-2-9-4-3-8(5-6-11)7-10(9)13-12/h3-4,7,13H,2,5,12H2,1H3. The molecule has 3 heteroatoms. The number of nitrogens with two attached hydrogens (primary N) is 1. The lowest BCUT2D eigenvalue weighted by Gasteiger charge is -2.07. The number of nitriles is 1. The van der Waals surface area contributed by atoms with Crippen LogP contribution in [0.1, 0.15) is 18.1 Å². The number of hydrogen-bond donors (Lipinski definition) is 2. The fourth-order valence-electron chi connectivity index (χ4n) is 1.27. The van der Waals surface area contributed by atoms with Crippen LogP contribution >= 0.6 is 0 Å². The number of nitrogens with one attached hydrogen (secondary N) is 1. The van der Waals surface area contributed by atoms with E-state index in [-0.39, 0.29) is 0 Å². The predicted molar refractivity (Wildman–Crippen MR) is 52.9 cm³/mol. The van der Waals surface area contributed by atoms with Crippen LogP contribution in [0.3, 0.4) is 0 Å². The van der Waals surface area contributed by atoms with Crippen molar-refractivity contribution in [3.8, 4) is 6.07 Å². The number of aryl methyl sites for hydroxylation is 1. The highest BCUT2D eigenvalue weighted by Crippen LogP contribution is 2.17. The van der Waals surface area contributed by atoms with Crippen LogP contribution in [-0.4, -0.2) is 0 Å². The largest absolute Gasteiger partial charge is 0.324 e. The lowest BCUT2D eigenvalue weighted by molar-refractivity contribution is 1.12. The molecule has 0 radical (unpaired) electrons. The Labute approximate surface area is 78.1 Å². The Morgan fingerprint density at radius 1 is 1.54 bits per heavy atom. The molecular formula is C10H13N3. The lowest BCUT2D eigenvalue weighted by atomic mass is 10.1. The van der Waals surface area contributed by atoms with Crippen LogP contribution in [0.25, 0.3) is 0 Å². The van der Waals surface area contributed by atoms with Crippen molar-refractivity contribution in [2.45, 2.75) is 19.8 Å². The van der Waals surface area contributed by atoms with Crippen molar-refractivity contribution in [2.24, 2.45) is 5.84 Å². The maximum atomic E-state index is 8.51. The van der Waals surface area contributed by atoms with E-state index in [0.29, 0.717) is 6.42 Å². The van der Waals surface area contributed by atoms with E-state index in [1.807, 2.05) is 18.2 Å². The first-order chi connectivity index (χ1) is 6.31. The minimum atomic E-state index is 0.429. The molecule has 0 aliphatic rings. The molecule has 3 N–H and O–H groups in total. The highest BCUT2D eigenvalue weighted by Gasteiger charge is 2.00. The van der Waals surface area contributed by atoms with Crippen molar-refractivity contribution in [3.63, 3.8) is 0 Å². The van der Waals surface area contributed by atoms with Crippen LogP contribution in [0.15, 0.2) is 18.2 Å². The van der Waals surface area contributed by atoms with E-state index in [0.717, 1.165) is 17.7 Å². The summed E-state index contributed by atoms with van der Waals surface area (Å²) in [6.07, 6.45) is 1.37. The topological polar surface area (TPSA) is 61.8 Å². The number of nitrogen functional groups attached to an aromatic ring is 1. The molecule has 0 saturated heterocycles. The summed E-state index contributed by atoms with van der Waals surface area (Å²) in [7, 11) is 0. The van der Waals surface area contributed by atoms with Gasteiger partial charge >= 0.3 is 0 Å². The molecule has 0 amide bonds. The van der Waals surface area contributed by atoms with Gasteiger partial charge in [0.05, 0.1) is 18.2 Å². The van der Waals surface area contributed by atoms with E-state index in [1.165, 1.54) is 5.56 Å². The number of anilines is 1. The fraction of sp³-hybridized carbons (Fsp3) is 0.300. The van der Waals surface area contributed by atoms with Gasteiger partial charge in [-0.05, 0) is 23.6 Å². The van der Waals surface area contributed by atoms with Crippen LogP contribution in [0, 0.1) is 11.3 Å². The third-order valence-electron chi connectivity index (χ3n) is 1.99. The number of benzene rings is 1. The Morgan fingerprint density at radius 2 is 2.31 bits per heavy atom. The summed E-state index contributed by atoms with van der Waals surface area (Å²) in [5.74, 6) is 5.36. The van der Waals surface area contributed by atoms with Crippen LogP contribution in [-0.2, 0) is 12.8 Å². The molecule has 0 unspecified atom stereocenters. The smallest absolute Gasteiger partial charge is 0.0669 e. The maximum absolute atomic E-state index is 8.51. The molecule has 13 heavy (non-hydrogen) atoms. The molecule has 0 atom stereocenters. The first-order valence-electron chi connectivity index (χ1n) is 4.27. The molecule has 1 aromatic rings. The van der Waals surface area contributed by atoms with E-state index >= 15 is 0 Å². The summed E-state index contributed by atoms with van der Waals surface area (Å²) < 4.78 is 0. The second kappa shape index (κ2) is 4.48. The molecule has 0 heterocycles. The van der Waals surface area contributed by atoms with E-state index in [4.69, 9.17) is 11.1 Å². The molecule has 0 bridgehead atoms. The number of hydrazine groups is 1. The third-order valence-corrected chi connectivity index (χ3v) is 1.99. The van der Waals surface area contributed by atoms with Crippen LogP contribution in [0.2, 0.25) is 0 Å². The average molecular weight is 175 g/mol. The first-order valence-corrected chi connectivity index (χ1v) is 4.27. The van der Waals surface area contributed by atoms with Gasteiger partial charge in [0.1, 0.15) is 0 Å². The van der Waals surface area contributed by atoms with Crippen molar-refractivity contribution >= 4 is 5.69 Å². The molecule has 0 saturated carbocycles. The van der Waals surface area contributed by atoms with Crippen LogP contribution in [0.5, 0.6) is 0 Å². The van der Waals surface area contributed by atoms with Crippen molar-refractivity contribution in [1.29, 1.82) is 5.26 Å². The van der Waals surface area contributed by atoms with Gasteiger partial charge in [-0.1, -0.05) is 19.1 Å². The van der Waals surface area contributed by atoms with Crippen molar-refractivity contribution in [1.82, 2.24) is 0 Å². The Hall–Kier alpha value is -1.53.